The van der Waals surface area contributed by atoms with Crippen LogP contribution in [-0.4, -0.2) is 15.9 Å². The third-order valence-electron chi connectivity index (χ3n) is 2.93. The highest BCUT2D eigenvalue weighted by Gasteiger charge is 2.12. The Morgan fingerprint density at radius 3 is 2.90 bits per heavy atom. The maximum atomic E-state index is 12.2. The molecule has 5 nitrogen and oxygen atoms in total. The van der Waals surface area contributed by atoms with Gasteiger partial charge in [0.2, 0.25) is 0 Å². The van der Waals surface area contributed by atoms with Gasteiger partial charge < -0.3 is 10.3 Å². The lowest BCUT2D eigenvalue weighted by Gasteiger charge is -2.03. The third kappa shape index (κ3) is 2.10. The summed E-state index contributed by atoms with van der Waals surface area (Å²) in [5.41, 5.74) is 1.65. The van der Waals surface area contributed by atoms with Crippen molar-refractivity contribution in [1.29, 1.82) is 5.26 Å². The van der Waals surface area contributed by atoms with E-state index < -0.39 is 0 Å². The highest BCUT2D eigenvalue weighted by atomic mass is 16.1. The Kier molecular flexibility index (Phi) is 2.90. The van der Waals surface area contributed by atoms with Crippen molar-refractivity contribution in [2.24, 2.45) is 0 Å². The van der Waals surface area contributed by atoms with Gasteiger partial charge in [-0.25, -0.2) is 4.98 Å². The lowest BCUT2D eigenvalue weighted by Crippen LogP contribution is -2.14. The average molecular weight is 262 g/mol. The topological polar surface area (TPSA) is 81.6 Å². The molecule has 0 saturated carbocycles. The number of para-hydroxylation sites is 1. The zero-order valence-electron chi connectivity index (χ0n) is 10.4. The monoisotopic (exact) mass is 262 g/mol. The number of hydrogen-bond donors (Lipinski definition) is 2. The minimum absolute atomic E-state index is 0.263. The zero-order valence-corrected chi connectivity index (χ0v) is 10.4. The molecule has 0 unspecified atom stereocenters. The van der Waals surface area contributed by atoms with Gasteiger partial charge in [0.25, 0.3) is 5.91 Å². The molecule has 0 aliphatic rings. The van der Waals surface area contributed by atoms with Crippen molar-refractivity contribution in [2.45, 2.75) is 0 Å². The van der Waals surface area contributed by atoms with E-state index in [0.29, 0.717) is 11.3 Å². The second-order valence-corrected chi connectivity index (χ2v) is 4.24. The predicted molar refractivity (Wildman–Crippen MR) is 75.2 cm³/mol. The van der Waals surface area contributed by atoms with Crippen molar-refractivity contribution in [2.75, 3.05) is 5.32 Å². The number of pyridine rings is 1. The van der Waals surface area contributed by atoms with E-state index in [4.69, 9.17) is 5.26 Å². The van der Waals surface area contributed by atoms with Crippen LogP contribution in [0.25, 0.3) is 10.9 Å². The van der Waals surface area contributed by atoms with Gasteiger partial charge in [-0.05, 0) is 24.3 Å². The van der Waals surface area contributed by atoms with Gasteiger partial charge in [0, 0.05) is 17.1 Å². The van der Waals surface area contributed by atoms with E-state index in [0.717, 1.165) is 10.9 Å². The highest BCUT2D eigenvalue weighted by Crippen LogP contribution is 2.16. The first kappa shape index (κ1) is 11.9. The number of aromatic amines is 1. The van der Waals surface area contributed by atoms with Crippen LogP contribution in [0, 0.1) is 11.3 Å². The lowest BCUT2D eigenvalue weighted by molar-refractivity contribution is 0.102. The molecule has 0 radical (unpaired) electrons. The number of hydrogen-bond acceptors (Lipinski definition) is 3. The van der Waals surface area contributed by atoms with Crippen LogP contribution in [0.2, 0.25) is 0 Å². The van der Waals surface area contributed by atoms with Crippen molar-refractivity contribution in [3.63, 3.8) is 0 Å². The Labute approximate surface area is 114 Å². The van der Waals surface area contributed by atoms with Crippen LogP contribution in [0.15, 0.2) is 48.7 Å². The number of amides is 1. The summed E-state index contributed by atoms with van der Waals surface area (Å²) in [6, 6.07) is 14.6. The molecule has 0 bridgehead atoms. The fourth-order valence-corrected chi connectivity index (χ4v) is 1.97. The molecule has 3 rings (SSSR count). The first-order valence-electron chi connectivity index (χ1n) is 6.02. The molecule has 0 atom stereocenters. The Morgan fingerprint density at radius 1 is 1.25 bits per heavy atom. The molecule has 2 heterocycles. The molecular formula is C15H10N4O. The van der Waals surface area contributed by atoms with E-state index in [1.54, 1.807) is 18.2 Å². The minimum atomic E-state index is -0.323. The number of fused-ring (bicyclic) bond motifs is 1. The number of H-pyrrole nitrogens is 1. The van der Waals surface area contributed by atoms with Crippen LogP contribution in [0.1, 0.15) is 16.1 Å². The van der Waals surface area contributed by atoms with Crippen LogP contribution in [0.3, 0.4) is 0 Å². The van der Waals surface area contributed by atoms with Crippen molar-refractivity contribution in [1.82, 2.24) is 9.97 Å². The summed E-state index contributed by atoms with van der Waals surface area (Å²) >= 11 is 0. The molecule has 2 aromatic heterocycles. The molecule has 0 saturated heterocycles. The second kappa shape index (κ2) is 4.86. The number of carbonyl (C=O) groups is 1. The summed E-state index contributed by atoms with van der Waals surface area (Å²) in [6.45, 7) is 0. The van der Waals surface area contributed by atoms with Gasteiger partial charge in [-0.3, -0.25) is 4.79 Å². The number of aromatic nitrogens is 2. The maximum absolute atomic E-state index is 12.2. The van der Waals surface area contributed by atoms with Gasteiger partial charge in [0.1, 0.15) is 11.8 Å². The number of nitriles is 1. The fourth-order valence-electron chi connectivity index (χ4n) is 1.97. The standard InChI is InChI=1S/C15H10N4O/c16-9-11-5-3-7-17-14(11)19-15(20)13-8-10-4-1-2-6-12(10)18-13/h1-8,18H,(H,17,19,20). The Morgan fingerprint density at radius 2 is 2.10 bits per heavy atom. The Hall–Kier alpha value is -3.13. The summed E-state index contributed by atoms with van der Waals surface area (Å²) < 4.78 is 0. The lowest BCUT2D eigenvalue weighted by atomic mass is 10.2. The number of benzene rings is 1. The SMILES string of the molecule is N#Cc1cccnc1NC(=O)c1cc2ccccc2[nH]1. The number of anilines is 1. The van der Waals surface area contributed by atoms with Crippen molar-refractivity contribution in [3.8, 4) is 6.07 Å². The molecule has 1 aromatic carbocycles. The average Bonchev–Trinajstić information content (AvgIpc) is 2.92. The van der Waals surface area contributed by atoms with E-state index in [1.165, 1.54) is 6.20 Å². The molecule has 0 fully saturated rings. The van der Waals surface area contributed by atoms with Gasteiger partial charge in [0.15, 0.2) is 5.82 Å². The summed E-state index contributed by atoms with van der Waals surface area (Å²) in [6.07, 6.45) is 1.53. The molecule has 0 aliphatic carbocycles. The second-order valence-electron chi connectivity index (χ2n) is 4.24. The van der Waals surface area contributed by atoms with Crippen molar-refractivity contribution >= 4 is 22.6 Å². The molecule has 5 heteroatoms. The van der Waals surface area contributed by atoms with Crippen LogP contribution in [0.5, 0.6) is 0 Å². The Balaban J connectivity index is 1.91. The number of rotatable bonds is 2. The Bertz CT molecular complexity index is 796. The largest absolute Gasteiger partial charge is 0.351 e. The smallest absolute Gasteiger partial charge is 0.273 e. The van der Waals surface area contributed by atoms with Crippen LogP contribution in [0.4, 0.5) is 5.82 Å². The van der Waals surface area contributed by atoms with E-state index >= 15 is 0 Å². The molecule has 2 N–H and O–H groups in total. The van der Waals surface area contributed by atoms with Crippen LogP contribution >= 0.6 is 0 Å². The predicted octanol–water partition coefficient (Wildman–Crippen LogP) is 2.69. The summed E-state index contributed by atoms with van der Waals surface area (Å²) in [4.78, 5) is 19.2. The van der Waals surface area contributed by atoms with E-state index in [-0.39, 0.29) is 11.7 Å². The minimum Gasteiger partial charge on any atom is -0.351 e. The normalized spacial score (nSPS) is 10.2. The van der Waals surface area contributed by atoms with Gasteiger partial charge >= 0.3 is 0 Å². The van der Waals surface area contributed by atoms with Gasteiger partial charge in [0.05, 0.1) is 5.56 Å². The quantitative estimate of drug-likeness (QED) is 0.745. The van der Waals surface area contributed by atoms with E-state index in [9.17, 15) is 4.79 Å². The van der Waals surface area contributed by atoms with Crippen LogP contribution < -0.4 is 5.32 Å². The number of nitrogens with one attached hydrogen (secondary N) is 2. The fraction of sp³-hybridized carbons (Fsp3) is 0. The highest BCUT2D eigenvalue weighted by molar-refractivity contribution is 6.05. The van der Waals surface area contributed by atoms with Gasteiger partial charge in [-0.2, -0.15) is 5.26 Å². The number of nitrogens with zero attached hydrogens (tertiary/aromatic N) is 2. The summed E-state index contributed by atoms with van der Waals surface area (Å²) in [5.74, 6) is -0.0601. The molecule has 1 amide bonds. The van der Waals surface area contributed by atoms with Gasteiger partial charge in [-0.15, -0.1) is 0 Å². The first-order valence-corrected chi connectivity index (χ1v) is 6.02. The zero-order chi connectivity index (χ0) is 13.9. The molecule has 96 valence electrons. The third-order valence-corrected chi connectivity index (χ3v) is 2.93. The van der Waals surface area contributed by atoms with E-state index in [2.05, 4.69) is 15.3 Å². The molecule has 20 heavy (non-hydrogen) atoms. The summed E-state index contributed by atoms with van der Waals surface area (Å²) in [5, 5.41) is 12.6. The maximum Gasteiger partial charge on any atom is 0.273 e. The molecule has 0 aliphatic heterocycles. The van der Waals surface area contributed by atoms with Crippen molar-refractivity contribution in [3.05, 3.63) is 59.9 Å². The van der Waals surface area contributed by atoms with Crippen LogP contribution in [-0.2, 0) is 0 Å². The molecular weight excluding hydrogens is 252 g/mol. The number of carbonyl (C=O) groups excluding carboxylic acids is 1. The molecule has 3 aromatic rings. The summed E-state index contributed by atoms with van der Waals surface area (Å²) in [7, 11) is 0. The van der Waals surface area contributed by atoms with Crippen molar-refractivity contribution < 1.29 is 4.79 Å². The van der Waals surface area contributed by atoms with Gasteiger partial charge in [-0.1, -0.05) is 18.2 Å². The molecule has 0 spiro atoms. The first-order chi connectivity index (χ1) is 9.78. The van der Waals surface area contributed by atoms with E-state index in [1.807, 2.05) is 30.3 Å².